The zero-order chi connectivity index (χ0) is 23.3. The first-order valence-corrected chi connectivity index (χ1v) is 11.8. The van der Waals surface area contributed by atoms with Gasteiger partial charge in [0.2, 0.25) is 0 Å². The van der Waals surface area contributed by atoms with Crippen molar-refractivity contribution in [2.45, 2.75) is 25.3 Å². The molecule has 9 heteroatoms. The second-order valence-electron chi connectivity index (χ2n) is 9.30. The predicted octanol–water partition coefficient (Wildman–Crippen LogP) is 3.11. The molecular weight excluding hydrogens is 447 g/mol. The molecular formula is C24H28ClFN4O3. The number of benzene rings is 1. The quantitative estimate of drug-likeness (QED) is 0.696. The van der Waals surface area contributed by atoms with Crippen LogP contribution in [0, 0.1) is 11.7 Å². The number of aromatic nitrogens is 1. The SMILES string of the molecule is CC1CN(C)CCC1c1nc(-c2c(O)cccc2F)c(Cl)c2c1C(=O)N1CCNC[C@@H]1CO2. The molecule has 33 heavy (non-hydrogen) atoms. The highest BCUT2D eigenvalue weighted by Crippen LogP contribution is 2.46. The molecule has 0 spiro atoms. The Morgan fingerprint density at radius 1 is 1.30 bits per heavy atom. The molecule has 4 heterocycles. The summed E-state index contributed by atoms with van der Waals surface area (Å²) in [6.45, 7) is 6.04. The van der Waals surface area contributed by atoms with E-state index in [4.69, 9.17) is 21.3 Å². The van der Waals surface area contributed by atoms with Gasteiger partial charge >= 0.3 is 0 Å². The third-order valence-corrected chi connectivity index (χ3v) is 7.41. The summed E-state index contributed by atoms with van der Waals surface area (Å²) in [6.07, 6.45) is 0.805. The Morgan fingerprint density at radius 3 is 2.88 bits per heavy atom. The second kappa shape index (κ2) is 8.74. The number of phenols is 1. The minimum Gasteiger partial charge on any atom is -0.507 e. The van der Waals surface area contributed by atoms with Crippen molar-refractivity contribution in [1.82, 2.24) is 20.1 Å². The largest absolute Gasteiger partial charge is 0.507 e. The Balaban J connectivity index is 1.74. The number of aromatic hydroxyl groups is 1. The van der Waals surface area contributed by atoms with Crippen LogP contribution in [0.3, 0.4) is 0 Å². The molecule has 5 rings (SSSR count). The summed E-state index contributed by atoms with van der Waals surface area (Å²) >= 11 is 6.75. The van der Waals surface area contributed by atoms with Crippen molar-refractivity contribution in [2.24, 2.45) is 5.92 Å². The summed E-state index contributed by atoms with van der Waals surface area (Å²) in [4.78, 5) is 22.7. The number of fused-ring (bicyclic) bond motifs is 2. The van der Waals surface area contributed by atoms with E-state index in [1.165, 1.54) is 18.2 Å². The number of phenolic OH excluding ortho intramolecular Hbond substituents is 1. The number of pyridine rings is 1. The highest BCUT2D eigenvalue weighted by molar-refractivity contribution is 6.35. The van der Waals surface area contributed by atoms with E-state index in [1.807, 2.05) is 4.90 Å². The molecule has 1 amide bonds. The molecule has 2 aromatic rings. The van der Waals surface area contributed by atoms with E-state index >= 15 is 0 Å². The average molecular weight is 475 g/mol. The van der Waals surface area contributed by atoms with Crippen LogP contribution < -0.4 is 10.1 Å². The van der Waals surface area contributed by atoms with Crippen molar-refractivity contribution in [1.29, 1.82) is 0 Å². The highest BCUT2D eigenvalue weighted by atomic mass is 35.5. The number of carbonyl (C=O) groups is 1. The number of piperidine rings is 1. The Hall–Kier alpha value is -2.42. The molecule has 7 nitrogen and oxygen atoms in total. The van der Waals surface area contributed by atoms with Crippen molar-refractivity contribution in [3.8, 4) is 22.8 Å². The first-order valence-electron chi connectivity index (χ1n) is 11.4. The van der Waals surface area contributed by atoms with E-state index in [2.05, 4.69) is 24.2 Å². The Morgan fingerprint density at radius 2 is 2.12 bits per heavy atom. The fourth-order valence-corrected chi connectivity index (χ4v) is 5.63. The molecule has 2 N–H and O–H groups in total. The normalized spacial score (nSPS) is 25.8. The van der Waals surface area contributed by atoms with Crippen LogP contribution in [0.1, 0.15) is 35.3 Å². The lowest BCUT2D eigenvalue weighted by Crippen LogP contribution is -2.55. The van der Waals surface area contributed by atoms with Crippen LogP contribution in [0.25, 0.3) is 11.3 Å². The van der Waals surface area contributed by atoms with Crippen LogP contribution in [-0.4, -0.2) is 78.2 Å². The van der Waals surface area contributed by atoms with Gasteiger partial charge < -0.3 is 25.0 Å². The number of carbonyl (C=O) groups excluding carboxylic acids is 1. The minimum absolute atomic E-state index is 0.0214. The van der Waals surface area contributed by atoms with Gasteiger partial charge in [0.25, 0.3) is 5.91 Å². The standard InChI is InChI=1S/C24H28ClFN4O3/c1-13-11-29(2)8-6-15(13)21-19-23(33-12-14-10-27-7-9-30(14)24(19)32)20(25)22(28-21)18-16(26)4-3-5-17(18)31/h3-5,13-15,27,31H,6-12H2,1-2H3/t13?,14-,15?/m1/s1. The lowest BCUT2D eigenvalue weighted by molar-refractivity contribution is 0.0604. The number of rotatable bonds is 2. The van der Waals surface area contributed by atoms with Crippen LogP contribution in [-0.2, 0) is 0 Å². The number of piperazine rings is 1. The molecule has 0 radical (unpaired) electrons. The highest BCUT2D eigenvalue weighted by Gasteiger charge is 2.40. The van der Waals surface area contributed by atoms with Crippen LogP contribution in [0.4, 0.5) is 4.39 Å². The summed E-state index contributed by atoms with van der Waals surface area (Å²) in [6, 6.07) is 3.96. The smallest absolute Gasteiger partial charge is 0.260 e. The summed E-state index contributed by atoms with van der Waals surface area (Å²) in [5, 5.41) is 13.8. The van der Waals surface area contributed by atoms with Gasteiger partial charge in [-0.25, -0.2) is 9.37 Å². The van der Waals surface area contributed by atoms with Gasteiger partial charge in [0.1, 0.15) is 28.8 Å². The molecule has 0 saturated carbocycles. The minimum atomic E-state index is -0.631. The van der Waals surface area contributed by atoms with Gasteiger partial charge in [0.05, 0.1) is 23.0 Å². The number of hydrogen-bond acceptors (Lipinski definition) is 6. The summed E-state index contributed by atoms with van der Waals surface area (Å²) in [7, 11) is 2.07. The molecule has 1 aromatic carbocycles. The third kappa shape index (κ3) is 3.84. The second-order valence-corrected chi connectivity index (χ2v) is 9.68. The zero-order valence-electron chi connectivity index (χ0n) is 18.8. The van der Waals surface area contributed by atoms with Crippen LogP contribution >= 0.6 is 11.6 Å². The van der Waals surface area contributed by atoms with Crippen molar-refractivity contribution in [3.05, 3.63) is 40.3 Å². The van der Waals surface area contributed by atoms with Crippen molar-refractivity contribution >= 4 is 17.5 Å². The molecule has 3 atom stereocenters. The van der Waals surface area contributed by atoms with E-state index in [1.54, 1.807) is 0 Å². The van der Waals surface area contributed by atoms with Gasteiger partial charge in [-0.3, -0.25) is 4.79 Å². The number of halogens is 2. The van der Waals surface area contributed by atoms with Crippen molar-refractivity contribution in [2.75, 3.05) is 46.4 Å². The van der Waals surface area contributed by atoms with Crippen LogP contribution in [0.5, 0.6) is 11.5 Å². The summed E-state index contributed by atoms with van der Waals surface area (Å²) in [5.74, 6) is -0.592. The van der Waals surface area contributed by atoms with E-state index in [0.29, 0.717) is 30.9 Å². The Labute approximate surface area is 197 Å². The number of nitrogens with zero attached hydrogens (tertiary/aromatic N) is 3. The number of likely N-dealkylation sites (tertiary alicyclic amines) is 1. The van der Waals surface area contributed by atoms with Crippen molar-refractivity contribution in [3.63, 3.8) is 0 Å². The maximum absolute atomic E-state index is 14.9. The van der Waals surface area contributed by atoms with Gasteiger partial charge in [-0.2, -0.15) is 0 Å². The van der Waals surface area contributed by atoms with E-state index < -0.39 is 5.82 Å². The maximum atomic E-state index is 14.9. The van der Waals surface area contributed by atoms with Crippen LogP contribution in [0.2, 0.25) is 5.02 Å². The van der Waals surface area contributed by atoms with E-state index in [9.17, 15) is 14.3 Å². The number of hydrogen-bond donors (Lipinski definition) is 2. The maximum Gasteiger partial charge on any atom is 0.260 e. The number of amides is 1. The summed E-state index contributed by atoms with van der Waals surface area (Å²) < 4.78 is 21.0. The van der Waals surface area contributed by atoms with Crippen LogP contribution in [0.15, 0.2) is 18.2 Å². The molecule has 3 aliphatic rings. The number of nitrogens with one attached hydrogen (secondary N) is 1. The molecule has 2 fully saturated rings. The number of ether oxygens (including phenoxy) is 1. The predicted molar refractivity (Wildman–Crippen MR) is 124 cm³/mol. The van der Waals surface area contributed by atoms with Gasteiger partial charge in [-0.05, 0) is 38.1 Å². The van der Waals surface area contributed by atoms with Gasteiger partial charge in [-0.15, -0.1) is 0 Å². The first-order chi connectivity index (χ1) is 15.9. The molecule has 0 bridgehead atoms. The molecule has 1 aromatic heterocycles. The molecule has 0 aliphatic carbocycles. The fourth-order valence-electron chi connectivity index (χ4n) is 5.34. The third-order valence-electron chi connectivity index (χ3n) is 7.06. The van der Waals surface area contributed by atoms with Gasteiger partial charge in [0, 0.05) is 32.1 Å². The molecule has 2 unspecified atom stereocenters. The fraction of sp³-hybridized carbons (Fsp3) is 0.500. The monoisotopic (exact) mass is 474 g/mol. The summed E-state index contributed by atoms with van der Waals surface area (Å²) in [5.41, 5.74) is 0.993. The van der Waals surface area contributed by atoms with E-state index in [0.717, 1.165) is 19.5 Å². The average Bonchev–Trinajstić information content (AvgIpc) is 2.93. The topological polar surface area (TPSA) is 77.9 Å². The molecule has 3 aliphatic heterocycles. The molecule has 176 valence electrons. The van der Waals surface area contributed by atoms with Crippen molar-refractivity contribution < 1.29 is 19.0 Å². The lowest BCUT2D eigenvalue weighted by Gasteiger charge is -2.36. The first kappa shape index (κ1) is 22.4. The zero-order valence-corrected chi connectivity index (χ0v) is 19.5. The van der Waals surface area contributed by atoms with E-state index in [-0.39, 0.29) is 58.2 Å². The Kier molecular flexibility index (Phi) is 5.93. The lowest BCUT2D eigenvalue weighted by atomic mass is 9.82. The molecule has 2 saturated heterocycles. The Bertz CT molecular complexity index is 1080. The van der Waals surface area contributed by atoms with Gasteiger partial charge in [0.15, 0.2) is 5.75 Å². The van der Waals surface area contributed by atoms with Gasteiger partial charge in [-0.1, -0.05) is 24.6 Å².